The molecule has 0 saturated heterocycles. The molecule has 3 aromatic heterocycles. The third kappa shape index (κ3) is 4.59. The number of halogens is 2. The molecule has 0 fully saturated rings. The summed E-state index contributed by atoms with van der Waals surface area (Å²) in [5.74, 6) is 0. The van der Waals surface area contributed by atoms with Crippen LogP contribution < -0.4 is 0 Å². The molecule has 0 bridgehead atoms. The molecule has 0 radical (unpaired) electrons. The van der Waals surface area contributed by atoms with Crippen LogP contribution >= 0.6 is 20.2 Å². The average molecular weight is 376 g/mol. The van der Waals surface area contributed by atoms with Crippen LogP contribution in [-0.2, 0) is 13.1 Å². The zero-order chi connectivity index (χ0) is 15.9. The first-order valence-electron chi connectivity index (χ1n) is 6.56. The van der Waals surface area contributed by atoms with E-state index in [2.05, 4.69) is 15.0 Å². The molecule has 0 atom stereocenters. The van der Waals surface area contributed by atoms with Gasteiger partial charge in [-0.25, -0.2) is 0 Å². The minimum atomic E-state index is 0.194. The number of aromatic amines is 1. The number of rotatable bonds is 2. The second kappa shape index (κ2) is 8.35. The predicted molar refractivity (Wildman–Crippen MR) is 88.4 cm³/mol. The van der Waals surface area contributed by atoms with E-state index in [9.17, 15) is 0 Å². The molecule has 0 amide bonds. The summed E-state index contributed by atoms with van der Waals surface area (Å²) in [6.07, 6.45) is 0. The molecule has 116 valence electrons. The maximum atomic E-state index is 4.76. The number of hydrogen-bond acceptors (Lipinski definition) is 2. The van der Waals surface area contributed by atoms with Crippen molar-refractivity contribution in [1.82, 2.24) is 15.0 Å². The van der Waals surface area contributed by atoms with E-state index < -0.39 is 0 Å². The van der Waals surface area contributed by atoms with Crippen LogP contribution in [0, 0.1) is 13.8 Å². The van der Waals surface area contributed by atoms with Gasteiger partial charge < -0.3 is 4.98 Å². The fourth-order valence-electron chi connectivity index (χ4n) is 2.08. The molecular weight excluding hydrogens is 361 g/mol. The van der Waals surface area contributed by atoms with Gasteiger partial charge in [-0.05, 0) is 50.2 Å². The van der Waals surface area contributed by atoms with Gasteiger partial charge in [0.15, 0.2) is 0 Å². The van der Waals surface area contributed by atoms with Gasteiger partial charge in [0.2, 0.25) is 0 Å². The fourth-order valence-corrected chi connectivity index (χ4v) is 2.08. The Kier molecular flexibility index (Phi) is 6.47. The van der Waals surface area contributed by atoms with E-state index in [1.165, 1.54) is 0 Å². The molecule has 0 saturated carbocycles. The molecule has 0 aliphatic carbocycles. The Balaban J connectivity index is 0.000000545. The summed E-state index contributed by atoms with van der Waals surface area (Å²) in [6, 6.07) is 16.1. The minimum absolute atomic E-state index is 0.194. The van der Waals surface area contributed by atoms with Crippen molar-refractivity contribution in [2.24, 2.45) is 0 Å². The molecule has 0 aromatic carbocycles. The van der Waals surface area contributed by atoms with Gasteiger partial charge in [-0.3, -0.25) is 9.97 Å². The summed E-state index contributed by atoms with van der Waals surface area (Å²) < 4.78 is 0. The molecular formula is C16H15Cl2FeN3. The third-order valence-corrected chi connectivity index (χ3v) is 3.01. The van der Waals surface area contributed by atoms with Gasteiger partial charge in [-0.2, -0.15) is 0 Å². The van der Waals surface area contributed by atoms with E-state index in [1.807, 2.05) is 62.4 Å². The standard InChI is InChI=1S/C16H15N3.2ClH.Fe/c1-11-5-3-7-13(17-11)15-9-10-16(19-15)14-8-4-6-12(2)18-14;;;/h3-10,19H,1-2H3;2*1H;/q;;;+2/p-2. The number of aromatic nitrogens is 3. The van der Waals surface area contributed by atoms with Crippen LogP contribution in [-0.4, -0.2) is 15.0 Å². The van der Waals surface area contributed by atoms with Gasteiger partial charge in [-0.1, -0.05) is 12.1 Å². The first kappa shape index (κ1) is 17.0. The molecule has 0 unspecified atom stereocenters. The molecule has 0 spiro atoms. The molecule has 3 aromatic rings. The second-order valence-corrected chi connectivity index (χ2v) is 6.49. The Morgan fingerprint density at radius 1 is 0.773 bits per heavy atom. The van der Waals surface area contributed by atoms with Crippen LogP contribution in [0.4, 0.5) is 0 Å². The number of nitrogens with zero attached hydrogens (tertiary/aromatic N) is 2. The Labute approximate surface area is 144 Å². The summed E-state index contributed by atoms with van der Waals surface area (Å²) >= 11 is 0.194. The molecule has 3 rings (SSSR count). The van der Waals surface area contributed by atoms with Crippen molar-refractivity contribution >= 4 is 20.2 Å². The van der Waals surface area contributed by atoms with Crippen LogP contribution in [0.15, 0.2) is 48.5 Å². The number of aryl methyl sites for hydroxylation is 2. The van der Waals surface area contributed by atoms with Gasteiger partial charge >= 0.3 is 33.3 Å². The van der Waals surface area contributed by atoms with Gasteiger partial charge in [-0.15, -0.1) is 0 Å². The maximum absolute atomic E-state index is 4.76. The van der Waals surface area contributed by atoms with Crippen molar-refractivity contribution in [3.05, 3.63) is 59.9 Å². The summed E-state index contributed by atoms with van der Waals surface area (Å²) in [7, 11) is 9.53. The van der Waals surface area contributed by atoms with Crippen LogP contribution in [0.5, 0.6) is 0 Å². The number of H-pyrrole nitrogens is 1. The summed E-state index contributed by atoms with van der Waals surface area (Å²) in [5.41, 5.74) is 5.98. The molecule has 3 nitrogen and oxygen atoms in total. The quantitative estimate of drug-likeness (QED) is 0.630. The van der Waals surface area contributed by atoms with E-state index in [0.717, 1.165) is 34.2 Å². The second-order valence-electron chi connectivity index (χ2n) is 4.66. The van der Waals surface area contributed by atoms with Gasteiger partial charge in [0.05, 0.1) is 22.8 Å². The zero-order valence-corrected chi connectivity index (χ0v) is 14.7. The average Bonchev–Trinajstić information content (AvgIpc) is 2.98. The van der Waals surface area contributed by atoms with E-state index >= 15 is 0 Å². The van der Waals surface area contributed by atoms with E-state index in [0.29, 0.717) is 0 Å². The van der Waals surface area contributed by atoms with Crippen LogP contribution in [0.1, 0.15) is 11.4 Å². The summed E-state index contributed by atoms with van der Waals surface area (Å²) in [6.45, 7) is 3.99. The topological polar surface area (TPSA) is 41.6 Å². The van der Waals surface area contributed by atoms with Crippen molar-refractivity contribution in [2.75, 3.05) is 0 Å². The van der Waals surface area contributed by atoms with Crippen LogP contribution in [0.2, 0.25) is 0 Å². The van der Waals surface area contributed by atoms with Gasteiger partial charge in [0.1, 0.15) is 0 Å². The molecule has 3 heterocycles. The van der Waals surface area contributed by atoms with E-state index in [-0.39, 0.29) is 13.1 Å². The number of hydrogen-bond donors (Lipinski definition) is 1. The van der Waals surface area contributed by atoms with E-state index in [1.54, 1.807) is 0 Å². The molecule has 6 heteroatoms. The monoisotopic (exact) mass is 375 g/mol. The molecule has 0 aliphatic rings. The first-order valence-corrected chi connectivity index (χ1v) is 9.60. The Bertz CT molecular complexity index is 684. The van der Waals surface area contributed by atoms with Crippen molar-refractivity contribution in [2.45, 2.75) is 13.8 Å². The molecule has 0 aliphatic heterocycles. The van der Waals surface area contributed by atoms with Crippen LogP contribution in [0.25, 0.3) is 22.8 Å². The number of nitrogens with one attached hydrogen (secondary N) is 1. The summed E-state index contributed by atoms with van der Waals surface area (Å²) in [4.78, 5) is 12.4. The van der Waals surface area contributed by atoms with Crippen molar-refractivity contribution in [3.8, 4) is 22.8 Å². The van der Waals surface area contributed by atoms with E-state index in [4.69, 9.17) is 20.2 Å². The first-order chi connectivity index (χ1) is 10.6. The van der Waals surface area contributed by atoms with Crippen molar-refractivity contribution in [1.29, 1.82) is 0 Å². The third-order valence-electron chi connectivity index (χ3n) is 3.01. The normalized spacial score (nSPS) is 10.2. The Morgan fingerprint density at radius 3 is 1.55 bits per heavy atom. The zero-order valence-electron chi connectivity index (χ0n) is 12.1. The summed E-state index contributed by atoms with van der Waals surface area (Å²) in [5, 5.41) is 0. The predicted octanol–water partition coefficient (Wildman–Crippen LogP) is 5.13. The SMILES string of the molecule is Cc1cccc(-c2ccc(-c3cccc(C)n3)[nH]2)n1.[Cl][Fe][Cl]. The Morgan fingerprint density at radius 2 is 1.18 bits per heavy atom. The van der Waals surface area contributed by atoms with Gasteiger partial charge in [0.25, 0.3) is 0 Å². The van der Waals surface area contributed by atoms with Gasteiger partial charge in [0, 0.05) is 11.4 Å². The number of pyridine rings is 2. The van der Waals surface area contributed by atoms with Crippen molar-refractivity contribution in [3.63, 3.8) is 0 Å². The fraction of sp³-hybridized carbons (Fsp3) is 0.125. The molecule has 1 N–H and O–H groups in total. The molecule has 22 heavy (non-hydrogen) atoms. The van der Waals surface area contributed by atoms with Crippen molar-refractivity contribution < 1.29 is 13.1 Å². The van der Waals surface area contributed by atoms with Crippen LogP contribution in [0.3, 0.4) is 0 Å². The Hall–Kier alpha value is -1.32.